The topological polar surface area (TPSA) is 91.6 Å². The van der Waals surface area contributed by atoms with E-state index in [0.29, 0.717) is 28.1 Å². The number of nitrogens with one attached hydrogen (secondary N) is 1. The molecule has 0 aliphatic heterocycles. The van der Waals surface area contributed by atoms with Crippen molar-refractivity contribution < 1.29 is 14.3 Å². The summed E-state index contributed by atoms with van der Waals surface area (Å²) in [6.45, 7) is -0.229. The summed E-state index contributed by atoms with van der Waals surface area (Å²) < 4.78 is 13.4. The number of benzene rings is 2. The summed E-state index contributed by atoms with van der Waals surface area (Å²) in [5, 5.41) is 3.11. The minimum atomic E-state index is -0.486. The molecule has 1 saturated carbocycles. The van der Waals surface area contributed by atoms with Crippen molar-refractivity contribution in [2.45, 2.75) is 38.3 Å². The highest BCUT2D eigenvalue weighted by molar-refractivity contribution is 5.92. The summed E-state index contributed by atoms with van der Waals surface area (Å²) >= 11 is 0. The molecule has 0 radical (unpaired) electrons. The number of fused-ring (bicyclic) bond motifs is 1. The van der Waals surface area contributed by atoms with Crippen LogP contribution in [0.4, 0.5) is 5.69 Å². The molecule has 0 saturated heterocycles. The number of methoxy groups -OCH3 is 2. The van der Waals surface area contributed by atoms with Gasteiger partial charge in [0.15, 0.2) is 11.5 Å². The van der Waals surface area contributed by atoms with E-state index in [1.165, 1.54) is 23.4 Å². The van der Waals surface area contributed by atoms with Crippen LogP contribution in [0.1, 0.15) is 31.7 Å². The number of anilines is 1. The molecule has 31 heavy (non-hydrogen) atoms. The van der Waals surface area contributed by atoms with Gasteiger partial charge in [-0.25, -0.2) is 4.79 Å². The number of amides is 1. The summed E-state index contributed by atoms with van der Waals surface area (Å²) in [6.07, 6.45) is 3.47. The predicted octanol–water partition coefficient (Wildman–Crippen LogP) is 2.93. The Balaban J connectivity index is 1.87. The summed E-state index contributed by atoms with van der Waals surface area (Å²) in [5.41, 5.74) is 0.116. The minimum Gasteiger partial charge on any atom is -0.493 e. The maximum atomic E-state index is 13.4. The van der Waals surface area contributed by atoms with Crippen molar-refractivity contribution >= 4 is 22.5 Å². The molecule has 4 rings (SSSR count). The first-order valence-electron chi connectivity index (χ1n) is 10.3. The molecule has 0 atom stereocenters. The van der Waals surface area contributed by atoms with E-state index < -0.39 is 5.69 Å². The largest absolute Gasteiger partial charge is 0.493 e. The summed E-state index contributed by atoms with van der Waals surface area (Å²) in [7, 11) is 2.97. The van der Waals surface area contributed by atoms with Gasteiger partial charge in [-0.3, -0.25) is 18.7 Å². The fourth-order valence-electron chi connectivity index (χ4n) is 4.22. The van der Waals surface area contributed by atoms with E-state index in [1.54, 1.807) is 24.3 Å². The van der Waals surface area contributed by atoms with E-state index in [4.69, 9.17) is 9.47 Å². The van der Waals surface area contributed by atoms with Crippen LogP contribution in [0.15, 0.2) is 52.1 Å². The average molecular weight is 423 g/mol. The first-order valence-corrected chi connectivity index (χ1v) is 10.3. The molecule has 8 heteroatoms. The Morgan fingerprint density at radius 2 is 1.68 bits per heavy atom. The molecule has 1 amide bonds. The van der Waals surface area contributed by atoms with Crippen molar-refractivity contribution in [3.8, 4) is 11.5 Å². The zero-order valence-corrected chi connectivity index (χ0v) is 17.6. The molecule has 2 aromatic carbocycles. The lowest BCUT2D eigenvalue weighted by Crippen LogP contribution is -2.43. The van der Waals surface area contributed by atoms with Gasteiger partial charge >= 0.3 is 5.69 Å². The van der Waals surface area contributed by atoms with E-state index in [9.17, 15) is 14.4 Å². The SMILES string of the molecule is COc1cc2c(=O)n(C3CCCC3)c(=O)n(CC(=O)Nc3ccccc3)c2cc1OC. The molecule has 1 aliphatic rings. The smallest absolute Gasteiger partial charge is 0.332 e. The number of carbonyl (C=O) groups is 1. The van der Waals surface area contributed by atoms with Crippen molar-refractivity contribution in [1.29, 1.82) is 0 Å². The number of hydrogen-bond acceptors (Lipinski definition) is 5. The fraction of sp³-hybridized carbons (Fsp3) is 0.348. The van der Waals surface area contributed by atoms with Crippen molar-refractivity contribution in [1.82, 2.24) is 9.13 Å². The van der Waals surface area contributed by atoms with Gasteiger partial charge in [0.05, 0.1) is 25.1 Å². The molecule has 0 spiro atoms. The van der Waals surface area contributed by atoms with Crippen LogP contribution in [0.2, 0.25) is 0 Å². The highest BCUT2D eigenvalue weighted by Gasteiger charge is 2.25. The Hall–Kier alpha value is -3.55. The number of nitrogens with zero attached hydrogens (tertiary/aromatic N) is 2. The van der Waals surface area contributed by atoms with Gasteiger partial charge in [0.2, 0.25) is 5.91 Å². The van der Waals surface area contributed by atoms with Gasteiger partial charge in [0.1, 0.15) is 6.54 Å². The third-order valence-electron chi connectivity index (χ3n) is 5.73. The highest BCUT2D eigenvalue weighted by atomic mass is 16.5. The maximum Gasteiger partial charge on any atom is 0.332 e. The molecule has 1 heterocycles. The molecule has 1 aromatic heterocycles. The molecule has 1 aliphatic carbocycles. The molecular weight excluding hydrogens is 398 g/mol. The third-order valence-corrected chi connectivity index (χ3v) is 5.73. The van der Waals surface area contributed by atoms with Gasteiger partial charge in [-0.2, -0.15) is 0 Å². The first kappa shape index (κ1) is 20.7. The molecule has 1 N–H and O–H groups in total. The Bertz CT molecular complexity index is 1220. The van der Waals surface area contributed by atoms with Gasteiger partial charge in [-0.1, -0.05) is 31.0 Å². The van der Waals surface area contributed by atoms with Crippen LogP contribution in [-0.4, -0.2) is 29.3 Å². The van der Waals surface area contributed by atoms with Crippen LogP contribution in [0.3, 0.4) is 0 Å². The van der Waals surface area contributed by atoms with Crippen LogP contribution in [0.25, 0.3) is 10.9 Å². The van der Waals surface area contributed by atoms with Crippen molar-refractivity contribution in [2.75, 3.05) is 19.5 Å². The number of rotatable bonds is 6. The second-order valence-corrected chi connectivity index (χ2v) is 7.62. The van der Waals surface area contributed by atoms with Crippen LogP contribution in [0.5, 0.6) is 11.5 Å². The molecule has 8 nitrogen and oxygen atoms in total. The second-order valence-electron chi connectivity index (χ2n) is 7.62. The van der Waals surface area contributed by atoms with Gasteiger partial charge in [-0.15, -0.1) is 0 Å². The standard InChI is InChI=1S/C23H25N3O5/c1-30-19-12-17-18(13-20(19)31-2)25(14-21(27)24-15-8-4-3-5-9-15)23(29)26(22(17)28)16-10-6-7-11-16/h3-5,8-9,12-13,16H,6-7,10-11,14H2,1-2H3,(H,24,27). The summed E-state index contributed by atoms with van der Waals surface area (Å²) in [5.74, 6) is 0.412. The molecule has 3 aromatic rings. The Morgan fingerprint density at radius 1 is 1.03 bits per heavy atom. The lowest BCUT2D eigenvalue weighted by Gasteiger charge is -2.19. The van der Waals surface area contributed by atoms with Crippen molar-refractivity contribution in [3.63, 3.8) is 0 Å². The van der Waals surface area contributed by atoms with E-state index in [-0.39, 0.29) is 24.1 Å². The van der Waals surface area contributed by atoms with Gasteiger partial charge in [-0.05, 0) is 31.0 Å². The molecular formula is C23H25N3O5. The zero-order chi connectivity index (χ0) is 22.0. The number of aromatic nitrogens is 2. The third kappa shape index (κ3) is 3.93. The van der Waals surface area contributed by atoms with Crippen molar-refractivity contribution in [3.05, 3.63) is 63.3 Å². The Morgan fingerprint density at radius 3 is 2.32 bits per heavy atom. The zero-order valence-electron chi connectivity index (χ0n) is 17.6. The highest BCUT2D eigenvalue weighted by Crippen LogP contribution is 2.32. The van der Waals surface area contributed by atoms with Crippen LogP contribution >= 0.6 is 0 Å². The summed E-state index contributed by atoms with van der Waals surface area (Å²) in [4.78, 5) is 39.5. The normalized spacial score (nSPS) is 14.0. The number of ether oxygens (including phenoxy) is 2. The predicted molar refractivity (Wildman–Crippen MR) is 118 cm³/mol. The van der Waals surface area contributed by atoms with Crippen LogP contribution in [-0.2, 0) is 11.3 Å². The second kappa shape index (κ2) is 8.67. The molecule has 1 fully saturated rings. The number of hydrogen-bond donors (Lipinski definition) is 1. The molecule has 0 unspecified atom stereocenters. The first-order chi connectivity index (χ1) is 15.0. The molecule has 162 valence electrons. The Labute approximate surface area is 179 Å². The quantitative estimate of drug-likeness (QED) is 0.658. The van der Waals surface area contributed by atoms with E-state index in [2.05, 4.69) is 5.32 Å². The van der Waals surface area contributed by atoms with Gasteiger partial charge in [0, 0.05) is 17.8 Å². The van der Waals surface area contributed by atoms with Gasteiger partial charge in [0.25, 0.3) is 5.56 Å². The van der Waals surface area contributed by atoms with E-state index in [0.717, 1.165) is 25.7 Å². The summed E-state index contributed by atoms with van der Waals surface area (Å²) in [6, 6.07) is 12.0. The van der Waals surface area contributed by atoms with Crippen LogP contribution < -0.4 is 26.0 Å². The minimum absolute atomic E-state index is 0.166. The average Bonchev–Trinajstić information content (AvgIpc) is 3.31. The van der Waals surface area contributed by atoms with Gasteiger partial charge < -0.3 is 14.8 Å². The number of carbonyl (C=O) groups excluding carboxylic acids is 1. The lowest BCUT2D eigenvalue weighted by atomic mass is 10.2. The van der Waals surface area contributed by atoms with Crippen LogP contribution in [0, 0.1) is 0 Å². The van der Waals surface area contributed by atoms with E-state index in [1.807, 2.05) is 18.2 Å². The fourth-order valence-corrected chi connectivity index (χ4v) is 4.22. The molecule has 0 bridgehead atoms. The Kier molecular flexibility index (Phi) is 5.79. The number of para-hydroxylation sites is 1. The maximum absolute atomic E-state index is 13.4. The van der Waals surface area contributed by atoms with Crippen molar-refractivity contribution in [2.24, 2.45) is 0 Å². The lowest BCUT2D eigenvalue weighted by molar-refractivity contribution is -0.116. The monoisotopic (exact) mass is 423 g/mol. The van der Waals surface area contributed by atoms with E-state index >= 15 is 0 Å².